The zero-order chi connectivity index (χ0) is 20.8. The zero-order valence-electron chi connectivity index (χ0n) is 16.6. The van der Waals surface area contributed by atoms with Crippen LogP contribution in [-0.4, -0.2) is 33.6 Å². The summed E-state index contributed by atoms with van der Waals surface area (Å²) in [6, 6.07) is 13.4. The van der Waals surface area contributed by atoms with Gasteiger partial charge in [-0.2, -0.15) is 4.98 Å². The first-order valence-corrected chi connectivity index (χ1v) is 9.82. The second-order valence-corrected chi connectivity index (χ2v) is 7.26. The van der Waals surface area contributed by atoms with E-state index in [0.29, 0.717) is 42.1 Å². The van der Waals surface area contributed by atoms with E-state index in [9.17, 15) is 0 Å². The van der Waals surface area contributed by atoms with Gasteiger partial charge in [-0.05, 0) is 35.9 Å². The van der Waals surface area contributed by atoms with Crippen LogP contribution in [0, 0.1) is 0 Å². The average Bonchev–Trinajstić information content (AvgIpc) is 3.57. The van der Waals surface area contributed by atoms with E-state index in [0.717, 1.165) is 22.6 Å². The minimum Gasteiger partial charge on any atom is -0.497 e. The molecule has 31 heavy (non-hydrogen) atoms. The van der Waals surface area contributed by atoms with Gasteiger partial charge in [-0.25, -0.2) is 4.98 Å². The third-order valence-electron chi connectivity index (χ3n) is 5.48. The van der Waals surface area contributed by atoms with Gasteiger partial charge in [0.25, 0.3) is 5.89 Å². The first kappa shape index (κ1) is 18.0. The Morgan fingerprint density at radius 1 is 1.06 bits per heavy atom. The molecule has 0 unspecified atom stereocenters. The maximum Gasteiger partial charge on any atom is 0.278 e. The van der Waals surface area contributed by atoms with E-state index in [1.54, 1.807) is 13.4 Å². The molecule has 0 saturated carbocycles. The zero-order valence-corrected chi connectivity index (χ0v) is 16.6. The summed E-state index contributed by atoms with van der Waals surface area (Å²) in [5.41, 5.74) is 3.41. The molecule has 0 bridgehead atoms. The lowest BCUT2D eigenvalue weighted by atomic mass is 10.1. The minimum absolute atomic E-state index is 0.0627. The van der Waals surface area contributed by atoms with Crippen LogP contribution < -0.4 is 14.2 Å². The highest BCUT2D eigenvalue weighted by Gasteiger charge is 2.27. The van der Waals surface area contributed by atoms with E-state index >= 15 is 0 Å². The molecule has 0 radical (unpaired) electrons. The Labute approximate surface area is 177 Å². The van der Waals surface area contributed by atoms with Gasteiger partial charge in [0.2, 0.25) is 12.6 Å². The molecule has 1 atom stereocenters. The Balaban J connectivity index is 1.25. The molecule has 0 aliphatic carbocycles. The second kappa shape index (κ2) is 7.13. The number of rotatable bonds is 4. The van der Waals surface area contributed by atoms with Crippen LogP contribution in [0.4, 0.5) is 0 Å². The normalized spacial score (nSPS) is 16.9. The number of fused-ring (bicyclic) bond motifs is 2. The summed E-state index contributed by atoms with van der Waals surface area (Å²) < 4.78 is 29.7. The van der Waals surface area contributed by atoms with Crippen molar-refractivity contribution in [3.05, 3.63) is 60.0 Å². The van der Waals surface area contributed by atoms with Crippen LogP contribution in [0.2, 0.25) is 0 Å². The van der Waals surface area contributed by atoms with Crippen molar-refractivity contribution < 1.29 is 23.5 Å². The van der Waals surface area contributed by atoms with Crippen molar-refractivity contribution in [1.82, 2.24) is 19.7 Å². The lowest BCUT2D eigenvalue weighted by Crippen LogP contribution is -2.20. The molecular weight excluding hydrogens is 400 g/mol. The Morgan fingerprint density at radius 3 is 2.81 bits per heavy atom. The fourth-order valence-corrected chi connectivity index (χ4v) is 3.80. The molecule has 4 aromatic rings. The summed E-state index contributed by atoms with van der Waals surface area (Å²) in [5.74, 6) is 3.01. The van der Waals surface area contributed by atoms with Gasteiger partial charge in [-0.15, -0.1) is 0 Å². The molecule has 2 aromatic carbocycles. The van der Waals surface area contributed by atoms with Crippen LogP contribution in [-0.2, 0) is 17.9 Å². The smallest absolute Gasteiger partial charge is 0.278 e. The van der Waals surface area contributed by atoms with Crippen molar-refractivity contribution in [3.63, 3.8) is 0 Å². The van der Waals surface area contributed by atoms with Crippen LogP contribution in [0.25, 0.3) is 23.0 Å². The van der Waals surface area contributed by atoms with E-state index in [1.165, 1.54) is 0 Å². The lowest BCUT2D eigenvalue weighted by Gasteiger charge is -2.25. The van der Waals surface area contributed by atoms with Crippen molar-refractivity contribution in [2.75, 3.05) is 13.9 Å². The van der Waals surface area contributed by atoms with E-state index in [1.807, 2.05) is 42.5 Å². The van der Waals surface area contributed by atoms with Crippen LogP contribution in [0.3, 0.4) is 0 Å². The summed E-state index contributed by atoms with van der Waals surface area (Å²) in [5, 5.41) is 4.11. The highest BCUT2D eigenvalue weighted by atomic mass is 16.7. The molecule has 6 rings (SSSR count). The van der Waals surface area contributed by atoms with E-state index in [2.05, 4.69) is 19.7 Å². The number of aromatic nitrogens is 4. The average molecular weight is 418 g/mol. The van der Waals surface area contributed by atoms with Crippen molar-refractivity contribution in [2.45, 2.75) is 19.3 Å². The number of benzene rings is 2. The number of methoxy groups -OCH3 is 1. The Morgan fingerprint density at radius 2 is 1.94 bits per heavy atom. The summed E-state index contributed by atoms with van der Waals surface area (Å²) in [7, 11) is 1.65. The van der Waals surface area contributed by atoms with Gasteiger partial charge in [0.15, 0.2) is 17.2 Å². The number of ether oxygens (including phenoxy) is 4. The number of hydrogen-bond acceptors (Lipinski definition) is 8. The van der Waals surface area contributed by atoms with Gasteiger partial charge >= 0.3 is 0 Å². The first-order valence-electron chi connectivity index (χ1n) is 9.82. The predicted molar refractivity (Wildman–Crippen MR) is 108 cm³/mol. The standard InChI is InChI=1S/C22H18N4O5/c1-27-15-5-2-13(3-6-15)19-9-26-11-23-20(16(26)10-28-19)22-24-21(25-31-22)14-4-7-17-18(8-14)30-12-29-17/h2-8,11,19H,9-10,12H2,1H3/t19-/m0/s1. The molecule has 4 heterocycles. The SMILES string of the molecule is COc1ccc([C@@H]2Cn3cnc(-c4nc(-c5ccc6c(c5)OCO6)no4)c3CO2)cc1. The Hall–Kier alpha value is -3.85. The van der Waals surface area contributed by atoms with Crippen molar-refractivity contribution in [1.29, 1.82) is 0 Å². The molecular formula is C22H18N4O5. The fourth-order valence-electron chi connectivity index (χ4n) is 3.80. The van der Waals surface area contributed by atoms with Gasteiger partial charge in [0.1, 0.15) is 11.9 Å². The van der Waals surface area contributed by atoms with Crippen molar-refractivity contribution in [2.24, 2.45) is 0 Å². The first-order chi connectivity index (χ1) is 15.3. The summed E-state index contributed by atoms with van der Waals surface area (Å²) in [6.07, 6.45) is 1.72. The van der Waals surface area contributed by atoms with Crippen LogP contribution in [0.1, 0.15) is 17.4 Å². The van der Waals surface area contributed by atoms with Crippen LogP contribution in [0.15, 0.2) is 53.3 Å². The quantitative estimate of drug-likeness (QED) is 0.496. The van der Waals surface area contributed by atoms with E-state index < -0.39 is 0 Å². The molecule has 9 nitrogen and oxygen atoms in total. The van der Waals surface area contributed by atoms with Crippen LogP contribution >= 0.6 is 0 Å². The fraction of sp³-hybridized carbons (Fsp3) is 0.227. The largest absolute Gasteiger partial charge is 0.497 e. The van der Waals surface area contributed by atoms with Gasteiger partial charge < -0.3 is 28.0 Å². The van der Waals surface area contributed by atoms with Gasteiger partial charge in [0.05, 0.1) is 32.3 Å². The Bertz CT molecular complexity index is 1250. The Kier molecular flexibility index (Phi) is 4.13. The van der Waals surface area contributed by atoms with Gasteiger partial charge in [0, 0.05) is 5.56 Å². The maximum atomic E-state index is 6.10. The van der Waals surface area contributed by atoms with E-state index in [4.69, 9.17) is 23.5 Å². The number of nitrogens with zero attached hydrogens (tertiary/aromatic N) is 4. The number of hydrogen-bond donors (Lipinski definition) is 0. The molecule has 2 aromatic heterocycles. The molecule has 2 aliphatic rings. The molecule has 156 valence electrons. The summed E-state index contributed by atoms with van der Waals surface area (Å²) >= 11 is 0. The lowest BCUT2D eigenvalue weighted by molar-refractivity contribution is 0.00328. The second-order valence-electron chi connectivity index (χ2n) is 7.26. The van der Waals surface area contributed by atoms with Crippen molar-refractivity contribution >= 4 is 0 Å². The molecule has 0 saturated heterocycles. The summed E-state index contributed by atoms with van der Waals surface area (Å²) in [4.78, 5) is 9.04. The minimum atomic E-state index is -0.0627. The molecule has 2 aliphatic heterocycles. The predicted octanol–water partition coefficient (Wildman–Crippen LogP) is 3.61. The van der Waals surface area contributed by atoms with Gasteiger partial charge in [-0.3, -0.25) is 0 Å². The van der Waals surface area contributed by atoms with Gasteiger partial charge in [-0.1, -0.05) is 17.3 Å². The molecule has 0 fully saturated rings. The summed E-state index contributed by atoms with van der Waals surface area (Å²) in [6.45, 7) is 1.26. The molecule has 0 spiro atoms. The highest BCUT2D eigenvalue weighted by molar-refractivity contribution is 5.63. The monoisotopic (exact) mass is 418 g/mol. The van der Waals surface area contributed by atoms with Crippen molar-refractivity contribution in [3.8, 4) is 40.2 Å². The highest BCUT2D eigenvalue weighted by Crippen LogP contribution is 2.36. The maximum absolute atomic E-state index is 6.10. The van der Waals surface area contributed by atoms with E-state index in [-0.39, 0.29) is 12.9 Å². The third-order valence-corrected chi connectivity index (χ3v) is 5.48. The number of imidazole rings is 1. The molecule has 0 N–H and O–H groups in total. The topological polar surface area (TPSA) is 93.7 Å². The van der Waals surface area contributed by atoms with Crippen LogP contribution in [0.5, 0.6) is 17.2 Å². The molecule has 0 amide bonds. The third kappa shape index (κ3) is 3.10. The molecule has 9 heteroatoms.